The highest BCUT2D eigenvalue weighted by molar-refractivity contribution is 6.16. The molecule has 1 saturated carbocycles. The quantitative estimate of drug-likeness (QED) is 0.152. The van der Waals surface area contributed by atoms with Crippen molar-refractivity contribution < 1.29 is 4.42 Å². The molecule has 2 aliphatic carbocycles. The molecule has 0 unspecified atom stereocenters. The molecule has 72 heavy (non-hydrogen) atoms. The van der Waals surface area contributed by atoms with Gasteiger partial charge in [-0.1, -0.05) is 219 Å². The largest absolute Gasteiger partial charge is 0.455 e. The van der Waals surface area contributed by atoms with Crippen molar-refractivity contribution in [3.63, 3.8) is 0 Å². The molecule has 0 amide bonds. The van der Waals surface area contributed by atoms with E-state index < -0.39 is 5.41 Å². The van der Waals surface area contributed by atoms with Gasteiger partial charge < -0.3 is 4.42 Å². The summed E-state index contributed by atoms with van der Waals surface area (Å²) in [5, 5.41) is 4.22. The van der Waals surface area contributed by atoms with Crippen LogP contribution in [0.15, 0.2) is 235 Å². The van der Waals surface area contributed by atoms with Crippen LogP contribution in [0, 0.1) is 0 Å². The molecule has 0 N–H and O–H groups in total. The molecular formula is C68H49N3O. The number of rotatable bonds is 8. The Hall–Kier alpha value is -8.73. The molecule has 2 aromatic heterocycles. The number of hydrogen-bond acceptors (Lipinski definition) is 4. The predicted molar refractivity (Wildman–Crippen MR) is 295 cm³/mol. The van der Waals surface area contributed by atoms with Crippen LogP contribution >= 0.6 is 0 Å². The van der Waals surface area contributed by atoms with E-state index in [4.69, 9.17) is 19.4 Å². The van der Waals surface area contributed by atoms with E-state index in [1.807, 2.05) is 6.07 Å². The van der Waals surface area contributed by atoms with E-state index in [0.717, 1.165) is 77.2 Å². The standard InChI is InChI=1S/C68H49N3O/c1-4-19-44(20-5-1)45-35-37-47(38-36-45)52-40-42-59(63-58-31-14-17-34-62(58)72-64(52)63)67-70-65(69-66(71-67)57-41-39-51(46-21-6-2-7-22-46)53-27-10-11-28-54(53)57)48-23-18-26-50(43-48)68(49-24-8-3-9-25-49)60-32-15-12-29-55(60)56-30-13-16-33-61(56)68/h2-3,6-18,21-44H,1,4-5,19-20H2. The van der Waals surface area contributed by atoms with Gasteiger partial charge in [-0.05, 0) is 115 Å². The minimum Gasteiger partial charge on any atom is -0.455 e. The predicted octanol–water partition coefficient (Wildman–Crippen LogP) is 17.7. The first-order chi connectivity index (χ1) is 35.7. The fourth-order valence-corrected chi connectivity index (χ4v) is 12.3. The minimum atomic E-state index is -0.584. The molecule has 0 radical (unpaired) electrons. The Morgan fingerprint density at radius 2 is 0.889 bits per heavy atom. The van der Waals surface area contributed by atoms with Crippen LogP contribution in [0.2, 0.25) is 0 Å². The lowest BCUT2D eigenvalue weighted by Gasteiger charge is -2.34. The third kappa shape index (κ3) is 6.77. The summed E-state index contributed by atoms with van der Waals surface area (Å²) in [6, 6.07) is 83.2. The van der Waals surface area contributed by atoms with Crippen LogP contribution in [-0.4, -0.2) is 15.0 Å². The summed E-state index contributed by atoms with van der Waals surface area (Å²) in [5.41, 5.74) is 17.1. The Labute approximate surface area is 419 Å². The number of aromatic nitrogens is 3. The van der Waals surface area contributed by atoms with Gasteiger partial charge in [-0.2, -0.15) is 0 Å². The monoisotopic (exact) mass is 923 g/mol. The maximum absolute atomic E-state index is 6.90. The van der Waals surface area contributed by atoms with Crippen LogP contribution in [0.1, 0.15) is 65.8 Å². The summed E-state index contributed by atoms with van der Waals surface area (Å²) in [5.74, 6) is 2.42. The fourth-order valence-electron chi connectivity index (χ4n) is 12.3. The van der Waals surface area contributed by atoms with E-state index in [0.29, 0.717) is 23.4 Å². The van der Waals surface area contributed by atoms with Crippen molar-refractivity contribution in [3.05, 3.63) is 258 Å². The maximum Gasteiger partial charge on any atom is 0.164 e. The van der Waals surface area contributed by atoms with E-state index in [-0.39, 0.29) is 0 Å². The molecule has 342 valence electrons. The number of benzene rings is 10. The Balaban J connectivity index is 1.000. The van der Waals surface area contributed by atoms with Crippen molar-refractivity contribution in [2.75, 3.05) is 0 Å². The zero-order valence-corrected chi connectivity index (χ0v) is 39.8. The van der Waals surface area contributed by atoms with E-state index in [2.05, 4.69) is 224 Å². The number of nitrogens with zero attached hydrogens (tertiary/aromatic N) is 3. The normalized spacial score (nSPS) is 14.2. The molecule has 0 bridgehead atoms. The second-order valence-electron chi connectivity index (χ2n) is 19.6. The number of fused-ring (bicyclic) bond motifs is 7. The van der Waals surface area contributed by atoms with Gasteiger partial charge in [0.05, 0.1) is 5.41 Å². The highest BCUT2D eigenvalue weighted by Crippen LogP contribution is 2.56. The van der Waals surface area contributed by atoms with Crippen molar-refractivity contribution in [2.45, 2.75) is 43.4 Å². The lowest BCUT2D eigenvalue weighted by Crippen LogP contribution is -2.28. The van der Waals surface area contributed by atoms with Gasteiger partial charge in [0.15, 0.2) is 17.5 Å². The van der Waals surface area contributed by atoms with E-state index in [1.54, 1.807) is 0 Å². The molecule has 4 heteroatoms. The van der Waals surface area contributed by atoms with E-state index >= 15 is 0 Å². The van der Waals surface area contributed by atoms with Crippen molar-refractivity contribution in [2.24, 2.45) is 0 Å². The Morgan fingerprint density at radius 3 is 1.62 bits per heavy atom. The Kier molecular flexibility index (Phi) is 10.1. The van der Waals surface area contributed by atoms with Crippen molar-refractivity contribution in [1.82, 2.24) is 15.0 Å². The third-order valence-corrected chi connectivity index (χ3v) is 15.7. The van der Waals surface area contributed by atoms with Crippen LogP contribution in [-0.2, 0) is 5.41 Å². The van der Waals surface area contributed by atoms with E-state index in [1.165, 1.54) is 65.5 Å². The van der Waals surface area contributed by atoms with Gasteiger partial charge >= 0.3 is 0 Å². The Bertz CT molecular complexity index is 3970. The van der Waals surface area contributed by atoms with Crippen molar-refractivity contribution in [1.29, 1.82) is 0 Å². The number of hydrogen-bond donors (Lipinski definition) is 0. The highest BCUT2D eigenvalue weighted by atomic mass is 16.3. The van der Waals surface area contributed by atoms with Crippen LogP contribution in [0.5, 0.6) is 0 Å². The molecule has 2 heterocycles. The first kappa shape index (κ1) is 42.2. The SMILES string of the molecule is c1ccc(-c2ccc(-c3nc(-c4cccc(C5(c6ccccc6)c6ccccc6-c6ccccc65)c4)nc(-c4ccc(-c5ccc(C6CCCCC6)cc5)c5oc6ccccc6c45)n3)c3ccccc23)cc1. The smallest absolute Gasteiger partial charge is 0.164 e. The molecule has 0 spiro atoms. The third-order valence-electron chi connectivity index (χ3n) is 15.7. The minimum absolute atomic E-state index is 0.584. The molecule has 2 aliphatic rings. The van der Waals surface area contributed by atoms with Crippen molar-refractivity contribution >= 4 is 32.7 Å². The molecule has 1 fully saturated rings. The molecule has 0 atom stereocenters. The molecule has 0 saturated heterocycles. The lowest BCUT2D eigenvalue weighted by molar-refractivity contribution is 0.443. The van der Waals surface area contributed by atoms with Gasteiger partial charge in [-0.25, -0.2) is 15.0 Å². The fraction of sp³-hybridized carbons (Fsp3) is 0.103. The van der Waals surface area contributed by atoms with Crippen LogP contribution in [0.4, 0.5) is 0 Å². The average Bonchev–Trinajstić information content (AvgIpc) is 4.00. The molecule has 10 aromatic carbocycles. The van der Waals surface area contributed by atoms with Gasteiger partial charge in [-0.3, -0.25) is 0 Å². The average molecular weight is 924 g/mol. The summed E-state index contributed by atoms with van der Waals surface area (Å²) in [4.78, 5) is 16.5. The Morgan fingerprint density at radius 1 is 0.361 bits per heavy atom. The second-order valence-corrected chi connectivity index (χ2v) is 19.6. The van der Waals surface area contributed by atoms with Crippen LogP contribution in [0.25, 0.3) is 100 Å². The van der Waals surface area contributed by atoms with Crippen LogP contribution < -0.4 is 0 Å². The zero-order chi connectivity index (χ0) is 47.6. The molecule has 0 aliphatic heterocycles. The first-order valence-corrected chi connectivity index (χ1v) is 25.4. The summed E-state index contributed by atoms with van der Waals surface area (Å²) < 4.78 is 6.90. The number of para-hydroxylation sites is 1. The summed E-state index contributed by atoms with van der Waals surface area (Å²) >= 11 is 0. The second kappa shape index (κ2) is 17.3. The molecule has 14 rings (SSSR count). The zero-order valence-electron chi connectivity index (χ0n) is 39.8. The van der Waals surface area contributed by atoms with Crippen molar-refractivity contribution in [3.8, 4) is 67.5 Å². The first-order valence-electron chi connectivity index (χ1n) is 25.4. The van der Waals surface area contributed by atoms with Gasteiger partial charge in [0.2, 0.25) is 0 Å². The topological polar surface area (TPSA) is 51.8 Å². The lowest BCUT2D eigenvalue weighted by atomic mass is 9.67. The number of furan rings is 1. The van der Waals surface area contributed by atoms with Gasteiger partial charge in [-0.15, -0.1) is 0 Å². The summed E-state index contributed by atoms with van der Waals surface area (Å²) in [7, 11) is 0. The van der Waals surface area contributed by atoms with Gasteiger partial charge in [0.1, 0.15) is 11.2 Å². The summed E-state index contributed by atoms with van der Waals surface area (Å²) in [6.45, 7) is 0. The van der Waals surface area contributed by atoms with E-state index in [9.17, 15) is 0 Å². The molecular weight excluding hydrogens is 875 g/mol. The molecule has 4 nitrogen and oxygen atoms in total. The molecule has 12 aromatic rings. The summed E-state index contributed by atoms with van der Waals surface area (Å²) in [6.07, 6.45) is 6.51. The highest BCUT2D eigenvalue weighted by Gasteiger charge is 2.46. The maximum atomic E-state index is 6.90. The van der Waals surface area contributed by atoms with Gasteiger partial charge in [0.25, 0.3) is 0 Å². The van der Waals surface area contributed by atoms with Gasteiger partial charge in [0, 0.05) is 33.0 Å². The van der Waals surface area contributed by atoms with Crippen LogP contribution in [0.3, 0.4) is 0 Å².